The van der Waals surface area contributed by atoms with Crippen LogP contribution in [0.1, 0.15) is 5.56 Å². The Morgan fingerprint density at radius 1 is 1.19 bits per heavy atom. The summed E-state index contributed by atoms with van der Waals surface area (Å²) in [5.41, 5.74) is 7.60. The number of aryl methyl sites for hydroxylation is 1. The van der Waals surface area contributed by atoms with E-state index in [9.17, 15) is 0 Å². The normalized spacial score (nSPS) is 10.1. The Hall–Kier alpha value is -1.62. The van der Waals surface area contributed by atoms with Gasteiger partial charge in [-0.1, -0.05) is 22.0 Å². The Balaban J connectivity index is 2.20. The molecule has 0 unspecified atom stereocenters. The van der Waals surface area contributed by atoms with E-state index in [0.717, 1.165) is 10.2 Å². The van der Waals surface area contributed by atoms with E-state index >= 15 is 0 Å². The first kappa shape index (κ1) is 10.9. The van der Waals surface area contributed by atoms with Crippen molar-refractivity contribution in [3.63, 3.8) is 0 Å². The maximum atomic E-state index is 5.46. The van der Waals surface area contributed by atoms with Crippen LogP contribution in [0.5, 0.6) is 0 Å². The van der Waals surface area contributed by atoms with E-state index in [1.165, 1.54) is 5.56 Å². The quantitative estimate of drug-likeness (QED) is 0.887. The molecule has 16 heavy (non-hydrogen) atoms. The smallest absolute Gasteiger partial charge is 0.153 e. The summed E-state index contributed by atoms with van der Waals surface area (Å²) in [6.07, 6.45) is 0. The number of rotatable bonds is 2. The van der Waals surface area contributed by atoms with Crippen LogP contribution in [0, 0.1) is 6.92 Å². The van der Waals surface area contributed by atoms with Crippen LogP contribution in [0.2, 0.25) is 0 Å². The fourth-order valence-corrected chi connectivity index (χ4v) is 1.61. The molecule has 5 heteroatoms. The van der Waals surface area contributed by atoms with Gasteiger partial charge >= 0.3 is 0 Å². The van der Waals surface area contributed by atoms with Crippen molar-refractivity contribution in [2.45, 2.75) is 6.92 Å². The maximum absolute atomic E-state index is 5.46. The van der Waals surface area contributed by atoms with Crippen molar-refractivity contribution in [2.75, 3.05) is 11.1 Å². The lowest BCUT2D eigenvalue weighted by molar-refractivity contribution is 1.05. The van der Waals surface area contributed by atoms with Crippen LogP contribution < -0.4 is 11.1 Å². The molecule has 2 rings (SSSR count). The minimum atomic E-state index is 0.413. The van der Waals surface area contributed by atoms with Crippen LogP contribution in [0.25, 0.3) is 0 Å². The van der Waals surface area contributed by atoms with E-state index in [1.807, 2.05) is 25.1 Å². The molecule has 1 heterocycles. The van der Waals surface area contributed by atoms with Crippen molar-refractivity contribution in [3.8, 4) is 0 Å². The number of aromatic nitrogens is 2. The van der Waals surface area contributed by atoms with E-state index in [4.69, 9.17) is 5.73 Å². The third-order valence-electron chi connectivity index (χ3n) is 2.13. The fraction of sp³-hybridized carbons (Fsp3) is 0.0909. The first-order valence-corrected chi connectivity index (χ1v) is 5.57. The monoisotopic (exact) mass is 278 g/mol. The van der Waals surface area contributed by atoms with Crippen LogP contribution in [-0.2, 0) is 0 Å². The third-order valence-corrected chi connectivity index (χ3v) is 2.98. The highest BCUT2D eigenvalue weighted by Gasteiger charge is 1.99. The van der Waals surface area contributed by atoms with Crippen molar-refractivity contribution < 1.29 is 0 Å². The summed E-state index contributed by atoms with van der Waals surface area (Å²) in [6.45, 7) is 2.04. The van der Waals surface area contributed by atoms with E-state index in [-0.39, 0.29) is 0 Å². The molecule has 0 bridgehead atoms. The zero-order valence-corrected chi connectivity index (χ0v) is 10.3. The van der Waals surface area contributed by atoms with Gasteiger partial charge in [-0.25, -0.2) is 0 Å². The van der Waals surface area contributed by atoms with Crippen molar-refractivity contribution in [1.82, 2.24) is 10.2 Å². The number of nitrogens with zero attached hydrogens (tertiary/aromatic N) is 2. The number of nitrogens with two attached hydrogens (primary N) is 1. The number of nitrogens with one attached hydrogen (secondary N) is 1. The molecular formula is C11H11BrN4. The molecule has 82 valence electrons. The van der Waals surface area contributed by atoms with E-state index in [1.54, 1.807) is 12.1 Å². The largest absolute Gasteiger partial charge is 0.382 e. The van der Waals surface area contributed by atoms with Gasteiger partial charge in [0.25, 0.3) is 0 Å². The average Bonchev–Trinajstić information content (AvgIpc) is 2.27. The third kappa shape index (κ3) is 2.49. The molecule has 0 saturated carbocycles. The number of hydrogen-bond acceptors (Lipinski definition) is 4. The van der Waals surface area contributed by atoms with Crippen molar-refractivity contribution in [1.29, 1.82) is 0 Å². The molecule has 1 aromatic heterocycles. The predicted molar refractivity (Wildman–Crippen MR) is 68.6 cm³/mol. The van der Waals surface area contributed by atoms with Gasteiger partial charge in [-0.15, -0.1) is 10.2 Å². The van der Waals surface area contributed by atoms with Crippen LogP contribution in [0.4, 0.5) is 17.3 Å². The molecule has 4 nitrogen and oxygen atoms in total. The van der Waals surface area contributed by atoms with Crippen LogP contribution in [0.3, 0.4) is 0 Å². The first-order chi connectivity index (χ1) is 7.65. The second kappa shape index (κ2) is 4.49. The molecule has 2 aromatic rings. The first-order valence-electron chi connectivity index (χ1n) is 4.77. The minimum Gasteiger partial charge on any atom is -0.382 e. The minimum absolute atomic E-state index is 0.413. The molecule has 0 aliphatic heterocycles. The number of halogens is 1. The second-order valence-corrected chi connectivity index (χ2v) is 4.29. The van der Waals surface area contributed by atoms with Crippen molar-refractivity contribution in [2.24, 2.45) is 0 Å². The zero-order chi connectivity index (χ0) is 11.5. The average molecular weight is 279 g/mol. The summed E-state index contributed by atoms with van der Waals surface area (Å²) in [5.74, 6) is 1.08. The number of hydrogen-bond donors (Lipinski definition) is 2. The molecule has 0 fully saturated rings. The summed E-state index contributed by atoms with van der Waals surface area (Å²) in [7, 11) is 0. The lowest BCUT2D eigenvalue weighted by Gasteiger charge is -2.06. The highest BCUT2D eigenvalue weighted by molar-refractivity contribution is 9.10. The van der Waals surface area contributed by atoms with Gasteiger partial charge in [0.05, 0.1) is 0 Å². The summed E-state index contributed by atoms with van der Waals surface area (Å²) in [5, 5.41) is 10.8. The standard InChI is InChI=1S/C11H11BrN4/c1-7-2-3-8(6-9(7)12)14-11-5-4-10(13)15-16-11/h2-6H,1H3,(H2,13,15)(H,14,16). The highest BCUT2D eigenvalue weighted by Crippen LogP contribution is 2.22. The summed E-state index contributed by atoms with van der Waals surface area (Å²) >= 11 is 3.47. The summed E-state index contributed by atoms with van der Waals surface area (Å²) in [4.78, 5) is 0. The second-order valence-electron chi connectivity index (χ2n) is 3.43. The topological polar surface area (TPSA) is 63.8 Å². The molecule has 1 aromatic carbocycles. The molecule has 0 aliphatic carbocycles. The van der Waals surface area contributed by atoms with E-state index in [2.05, 4.69) is 31.4 Å². The van der Waals surface area contributed by atoms with Crippen LogP contribution in [-0.4, -0.2) is 10.2 Å². The Labute approximate surface area is 102 Å². The van der Waals surface area contributed by atoms with E-state index in [0.29, 0.717) is 11.6 Å². The molecule has 0 amide bonds. The van der Waals surface area contributed by atoms with E-state index < -0.39 is 0 Å². The molecule has 0 spiro atoms. The number of anilines is 3. The predicted octanol–water partition coefficient (Wildman–Crippen LogP) is 2.87. The van der Waals surface area contributed by atoms with Gasteiger partial charge in [0, 0.05) is 10.2 Å². The lowest BCUT2D eigenvalue weighted by atomic mass is 10.2. The van der Waals surface area contributed by atoms with Gasteiger partial charge in [0.2, 0.25) is 0 Å². The Morgan fingerprint density at radius 2 is 2.00 bits per heavy atom. The van der Waals surface area contributed by atoms with Crippen LogP contribution >= 0.6 is 15.9 Å². The van der Waals surface area contributed by atoms with Crippen molar-refractivity contribution >= 4 is 33.3 Å². The van der Waals surface area contributed by atoms with Crippen LogP contribution in [0.15, 0.2) is 34.8 Å². The molecule has 0 aliphatic rings. The Morgan fingerprint density at radius 3 is 2.62 bits per heavy atom. The number of nitrogen functional groups attached to an aromatic ring is 1. The zero-order valence-electron chi connectivity index (χ0n) is 8.74. The van der Waals surface area contributed by atoms with Gasteiger partial charge in [-0.2, -0.15) is 0 Å². The Bertz CT molecular complexity index is 496. The lowest BCUT2D eigenvalue weighted by Crippen LogP contribution is -1.98. The van der Waals surface area contributed by atoms with Gasteiger partial charge in [0.15, 0.2) is 5.82 Å². The molecule has 0 radical (unpaired) electrons. The highest BCUT2D eigenvalue weighted by atomic mass is 79.9. The fourth-order valence-electron chi connectivity index (χ4n) is 1.23. The molecule has 0 saturated heterocycles. The molecular weight excluding hydrogens is 268 g/mol. The number of benzene rings is 1. The van der Waals surface area contributed by atoms with Crippen molar-refractivity contribution in [3.05, 3.63) is 40.4 Å². The maximum Gasteiger partial charge on any atom is 0.153 e. The van der Waals surface area contributed by atoms with Gasteiger partial charge < -0.3 is 11.1 Å². The van der Waals surface area contributed by atoms with Gasteiger partial charge in [0.1, 0.15) is 5.82 Å². The molecule has 0 atom stereocenters. The SMILES string of the molecule is Cc1ccc(Nc2ccc(N)nn2)cc1Br. The summed E-state index contributed by atoms with van der Waals surface area (Å²) < 4.78 is 1.06. The Kier molecular flexibility index (Phi) is 3.05. The van der Waals surface area contributed by atoms with Gasteiger partial charge in [-0.3, -0.25) is 0 Å². The van der Waals surface area contributed by atoms with Gasteiger partial charge in [-0.05, 0) is 36.8 Å². The molecule has 3 N–H and O–H groups in total. The summed E-state index contributed by atoms with van der Waals surface area (Å²) in [6, 6.07) is 9.50.